The Morgan fingerprint density at radius 1 is 1.28 bits per heavy atom. The molecule has 0 bridgehead atoms. The highest BCUT2D eigenvalue weighted by molar-refractivity contribution is 5.45. The van der Waals surface area contributed by atoms with E-state index >= 15 is 0 Å². The van der Waals surface area contributed by atoms with Crippen LogP contribution in [-0.2, 0) is 0 Å². The van der Waals surface area contributed by atoms with Crippen molar-refractivity contribution in [2.75, 3.05) is 11.1 Å². The smallest absolute Gasteiger partial charge is 0.132 e. The lowest BCUT2D eigenvalue weighted by Crippen LogP contribution is -2.26. The number of aryl methyl sites for hydroxylation is 1. The maximum Gasteiger partial charge on any atom is 0.132 e. The van der Waals surface area contributed by atoms with Gasteiger partial charge in [0.25, 0.3) is 0 Å². The van der Waals surface area contributed by atoms with Crippen LogP contribution in [0.5, 0.6) is 0 Å². The molecule has 0 aliphatic heterocycles. The minimum atomic E-state index is 0.546. The first-order valence-electron chi connectivity index (χ1n) is 7.05. The van der Waals surface area contributed by atoms with E-state index in [9.17, 15) is 0 Å². The zero-order valence-corrected chi connectivity index (χ0v) is 11.4. The molecule has 0 atom stereocenters. The summed E-state index contributed by atoms with van der Waals surface area (Å²) in [7, 11) is 0. The fraction of sp³-hybridized carbons (Fsp3) is 0.714. The molecule has 1 aliphatic rings. The van der Waals surface area contributed by atoms with Crippen molar-refractivity contribution in [3.63, 3.8) is 0 Å². The van der Waals surface area contributed by atoms with Gasteiger partial charge in [-0.05, 0) is 38.5 Å². The molecular formula is C14H24N4. The second kappa shape index (κ2) is 6.03. The highest BCUT2D eigenvalue weighted by atomic mass is 15.1. The Kier molecular flexibility index (Phi) is 4.39. The maximum atomic E-state index is 5.74. The van der Waals surface area contributed by atoms with E-state index < -0.39 is 0 Å². The largest absolute Gasteiger partial charge is 0.384 e. The summed E-state index contributed by atoms with van der Waals surface area (Å²) in [5, 5.41) is 3.49. The molecule has 100 valence electrons. The van der Waals surface area contributed by atoms with Crippen LogP contribution < -0.4 is 11.1 Å². The molecule has 1 aromatic rings. The van der Waals surface area contributed by atoms with Crippen molar-refractivity contribution < 1.29 is 0 Å². The summed E-state index contributed by atoms with van der Waals surface area (Å²) in [6, 6.07) is 2.37. The molecule has 1 saturated carbocycles. The summed E-state index contributed by atoms with van der Waals surface area (Å²) in [6.45, 7) is 4.15. The van der Waals surface area contributed by atoms with Gasteiger partial charge in [-0.3, -0.25) is 0 Å². The van der Waals surface area contributed by atoms with Crippen LogP contribution in [0.4, 0.5) is 11.6 Å². The lowest BCUT2D eigenvalue weighted by atomic mass is 9.83. The first-order chi connectivity index (χ1) is 8.67. The SMILES string of the molecule is CCCC1CCC(Nc2cc(N)nc(C)n2)CC1. The molecule has 4 nitrogen and oxygen atoms in total. The third-order valence-corrected chi connectivity index (χ3v) is 3.75. The van der Waals surface area contributed by atoms with Crippen molar-refractivity contribution in [2.24, 2.45) is 5.92 Å². The van der Waals surface area contributed by atoms with Crippen molar-refractivity contribution in [1.29, 1.82) is 0 Å². The topological polar surface area (TPSA) is 63.8 Å². The normalized spacial score (nSPS) is 23.9. The molecule has 2 rings (SSSR count). The minimum Gasteiger partial charge on any atom is -0.384 e. The lowest BCUT2D eigenvalue weighted by Gasteiger charge is -2.29. The van der Waals surface area contributed by atoms with Gasteiger partial charge in [0.1, 0.15) is 17.5 Å². The Labute approximate surface area is 109 Å². The van der Waals surface area contributed by atoms with Gasteiger partial charge in [0.2, 0.25) is 0 Å². The Hall–Kier alpha value is -1.32. The van der Waals surface area contributed by atoms with Gasteiger partial charge < -0.3 is 11.1 Å². The summed E-state index contributed by atoms with van der Waals surface area (Å²) in [5.74, 6) is 3.09. The van der Waals surface area contributed by atoms with Crippen LogP contribution in [0.25, 0.3) is 0 Å². The molecule has 0 aromatic carbocycles. The third-order valence-electron chi connectivity index (χ3n) is 3.75. The predicted octanol–water partition coefficient (Wildman–Crippen LogP) is 3.14. The monoisotopic (exact) mass is 248 g/mol. The molecule has 4 heteroatoms. The standard InChI is InChI=1S/C14H24N4/c1-3-4-11-5-7-12(8-6-11)18-14-9-13(15)16-10(2)17-14/h9,11-12H,3-8H2,1-2H3,(H3,15,16,17,18). The predicted molar refractivity (Wildman–Crippen MR) is 75.5 cm³/mol. The zero-order valence-electron chi connectivity index (χ0n) is 11.4. The van der Waals surface area contributed by atoms with Gasteiger partial charge in [0.05, 0.1) is 0 Å². The van der Waals surface area contributed by atoms with E-state index in [4.69, 9.17) is 5.73 Å². The van der Waals surface area contributed by atoms with Crippen LogP contribution in [0.1, 0.15) is 51.3 Å². The summed E-state index contributed by atoms with van der Waals surface area (Å²) in [6.07, 6.45) is 7.86. The summed E-state index contributed by atoms with van der Waals surface area (Å²) in [5.41, 5.74) is 5.74. The first kappa shape index (κ1) is 13.1. The number of anilines is 2. The van der Waals surface area contributed by atoms with Crippen LogP contribution in [0.2, 0.25) is 0 Å². The Morgan fingerprint density at radius 3 is 2.61 bits per heavy atom. The van der Waals surface area contributed by atoms with Crippen molar-refractivity contribution in [3.05, 3.63) is 11.9 Å². The molecule has 18 heavy (non-hydrogen) atoms. The van der Waals surface area contributed by atoms with Gasteiger partial charge in [0, 0.05) is 12.1 Å². The number of hydrogen-bond acceptors (Lipinski definition) is 4. The molecule has 0 saturated heterocycles. The highest BCUT2D eigenvalue weighted by Crippen LogP contribution is 2.29. The van der Waals surface area contributed by atoms with Gasteiger partial charge >= 0.3 is 0 Å². The third kappa shape index (κ3) is 3.59. The van der Waals surface area contributed by atoms with Crippen LogP contribution in [0.3, 0.4) is 0 Å². The van der Waals surface area contributed by atoms with Gasteiger partial charge in [-0.2, -0.15) is 0 Å². The quantitative estimate of drug-likeness (QED) is 0.859. The number of nitrogens with two attached hydrogens (primary N) is 1. The Bertz CT molecular complexity index is 363. The highest BCUT2D eigenvalue weighted by Gasteiger charge is 2.20. The van der Waals surface area contributed by atoms with E-state index in [1.807, 2.05) is 13.0 Å². The average Bonchev–Trinajstić information content (AvgIpc) is 2.31. The number of nitrogens with one attached hydrogen (secondary N) is 1. The number of aromatic nitrogens is 2. The maximum absolute atomic E-state index is 5.74. The number of nitrogen functional groups attached to an aromatic ring is 1. The van der Waals surface area contributed by atoms with E-state index in [1.54, 1.807) is 0 Å². The molecule has 1 aromatic heterocycles. The van der Waals surface area contributed by atoms with Crippen LogP contribution in [0.15, 0.2) is 6.07 Å². The van der Waals surface area contributed by atoms with Crippen LogP contribution in [-0.4, -0.2) is 16.0 Å². The molecule has 0 spiro atoms. The minimum absolute atomic E-state index is 0.546. The fourth-order valence-corrected chi connectivity index (χ4v) is 2.88. The van der Waals surface area contributed by atoms with Crippen molar-refractivity contribution in [1.82, 2.24) is 9.97 Å². The molecule has 1 fully saturated rings. The summed E-state index contributed by atoms with van der Waals surface area (Å²) in [4.78, 5) is 8.47. The lowest BCUT2D eigenvalue weighted by molar-refractivity contribution is 0.318. The fourth-order valence-electron chi connectivity index (χ4n) is 2.88. The number of rotatable bonds is 4. The summed E-state index contributed by atoms with van der Waals surface area (Å²) >= 11 is 0. The van der Waals surface area contributed by atoms with E-state index in [2.05, 4.69) is 22.2 Å². The molecule has 3 N–H and O–H groups in total. The Morgan fingerprint density at radius 2 is 2.00 bits per heavy atom. The molecule has 0 amide bonds. The van der Waals surface area contributed by atoms with Crippen molar-refractivity contribution in [3.8, 4) is 0 Å². The molecular weight excluding hydrogens is 224 g/mol. The van der Waals surface area contributed by atoms with Crippen LogP contribution >= 0.6 is 0 Å². The van der Waals surface area contributed by atoms with Gasteiger partial charge in [-0.25, -0.2) is 9.97 Å². The molecule has 1 aliphatic carbocycles. The molecule has 1 heterocycles. The van der Waals surface area contributed by atoms with E-state index in [1.165, 1.54) is 38.5 Å². The molecule has 0 unspecified atom stereocenters. The second-order valence-electron chi connectivity index (χ2n) is 5.38. The zero-order chi connectivity index (χ0) is 13.0. The summed E-state index contributed by atoms with van der Waals surface area (Å²) < 4.78 is 0. The van der Waals surface area contributed by atoms with Crippen LogP contribution in [0, 0.1) is 12.8 Å². The average molecular weight is 248 g/mol. The first-order valence-corrected chi connectivity index (χ1v) is 7.05. The molecule has 0 radical (unpaired) electrons. The Balaban J connectivity index is 1.87. The van der Waals surface area contributed by atoms with E-state index in [0.717, 1.165) is 17.6 Å². The van der Waals surface area contributed by atoms with Crippen molar-refractivity contribution in [2.45, 2.75) is 58.4 Å². The number of hydrogen-bond donors (Lipinski definition) is 2. The van der Waals surface area contributed by atoms with Gasteiger partial charge in [-0.1, -0.05) is 19.8 Å². The van der Waals surface area contributed by atoms with E-state index in [0.29, 0.717) is 11.9 Å². The second-order valence-corrected chi connectivity index (χ2v) is 5.38. The van der Waals surface area contributed by atoms with Crippen molar-refractivity contribution >= 4 is 11.6 Å². The number of nitrogens with zero attached hydrogens (tertiary/aromatic N) is 2. The van der Waals surface area contributed by atoms with Gasteiger partial charge in [0.15, 0.2) is 0 Å². The van der Waals surface area contributed by atoms with E-state index in [-0.39, 0.29) is 0 Å². The van der Waals surface area contributed by atoms with Gasteiger partial charge in [-0.15, -0.1) is 0 Å².